The fraction of sp³-hybridized carbons (Fsp3) is 0.571. The van der Waals surface area contributed by atoms with Crippen LogP contribution in [0.3, 0.4) is 0 Å². The molecular weight excluding hydrogens is 288 g/mol. The summed E-state index contributed by atoms with van der Waals surface area (Å²) < 4.78 is 27.1. The molecule has 21 heavy (non-hydrogen) atoms. The van der Waals surface area contributed by atoms with E-state index in [0.717, 1.165) is 19.5 Å². The Morgan fingerprint density at radius 1 is 1.57 bits per heavy atom. The Hall–Kier alpha value is -1.49. The van der Waals surface area contributed by atoms with Crippen molar-refractivity contribution in [1.82, 2.24) is 14.6 Å². The topological polar surface area (TPSA) is 86.1 Å². The number of sulfonamides is 1. The molecule has 0 radical (unpaired) electrons. The zero-order valence-corrected chi connectivity index (χ0v) is 13.1. The van der Waals surface area contributed by atoms with Gasteiger partial charge in [0.2, 0.25) is 10.0 Å². The molecule has 1 aromatic rings. The molecule has 1 aromatic heterocycles. The van der Waals surface area contributed by atoms with Gasteiger partial charge in [-0.1, -0.05) is 0 Å². The monoisotopic (exact) mass is 308 g/mol. The minimum atomic E-state index is -3.68. The van der Waals surface area contributed by atoms with Crippen molar-refractivity contribution in [2.24, 2.45) is 5.92 Å². The number of rotatable bonds is 5. The Morgan fingerprint density at radius 3 is 2.95 bits per heavy atom. The first-order valence-corrected chi connectivity index (χ1v) is 8.51. The highest BCUT2D eigenvalue weighted by molar-refractivity contribution is 7.89. The zero-order valence-electron chi connectivity index (χ0n) is 12.3. The van der Waals surface area contributed by atoms with Crippen molar-refractivity contribution in [2.75, 3.05) is 19.6 Å². The zero-order chi connectivity index (χ0) is 15.5. The first-order chi connectivity index (χ1) is 9.94. The van der Waals surface area contributed by atoms with E-state index in [1.807, 2.05) is 6.07 Å². The summed E-state index contributed by atoms with van der Waals surface area (Å²) in [6.07, 6.45) is 2.40. The summed E-state index contributed by atoms with van der Waals surface area (Å²) in [7, 11) is -3.68. The third-order valence-corrected chi connectivity index (χ3v) is 5.23. The molecule has 6 nitrogen and oxygen atoms in total. The van der Waals surface area contributed by atoms with E-state index in [-0.39, 0.29) is 10.6 Å². The lowest BCUT2D eigenvalue weighted by atomic mass is 10.1. The summed E-state index contributed by atoms with van der Waals surface area (Å²) >= 11 is 0. The third kappa shape index (κ3) is 3.79. The molecule has 0 bridgehead atoms. The minimum Gasteiger partial charge on any atom is -0.301 e. The van der Waals surface area contributed by atoms with Gasteiger partial charge in [-0.2, -0.15) is 5.26 Å². The number of hydrogen-bond donors (Lipinski definition) is 1. The summed E-state index contributed by atoms with van der Waals surface area (Å²) in [6, 6.07) is 5.22. The largest absolute Gasteiger partial charge is 0.301 e. The lowest BCUT2D eigenvalue weighted by Crippen LogP contribution is -2.33. The fourth-order valence-corrected chi connectivity index (χ4v) is 3.72. The molecule has 0 saturated carbocycles. The lowest BCUT2D eigenvalue weighted by Gasteiger charge is -2.20. The van der Waals surface area contributed by atoms with Gasteiger partial charge in [0.05, 0.1) is 0 Å². The molecule has 0 spiro atoms. The molecule has 2 rings (SSSR count). The van der Waals surface area contributed by atoms with E-state index in [2.05, 4.69) is 28.5 Å². The maximum Gasteiger partial charge on any atom is 0.243 e. The van der Waals surface area contributed by atoms with Gasteiger partial charge in [-0.3, -0.25) is 0 Å². The number of nitriles is 1. The maximum atomic E-state index is 12.3. The van der Waals surface area contributed by atoms with Crippen LogP contribution in [0.4, 0.5) is 0 Å². The van der Waals surface area contributed by atoms with Crippen LogP contribution in [0.25, 0.3) is 0 Å². The third-order valence-electron chi connectivity index (χ3n) is 3.78. The van der Waals surface area contributed by atoms with Crippen LogP contribution in [0.1, 0.15) is 26.0 Å². The van der Waals surface area contributed by atoms with Crippen LogP contribution < -0.4 is 4.72 Å². The number of hydrogen-bond acceptors (Lipinski definition) is 5. The van der Waals surface area contributed by atoms with Gasteiger partial charge in [0.1, 0.15) is 11.0 Å². The fourth-order valence-electron chi connectivity index (χ4n) is 2.49. The Morgan fingerprint density at radius 2 is 2.33 bits per heavy atom. The maximum absolute atomic E-state index is 12.3. The van der Waals surface area contributed by atoms with Gasteiger partial charge in [-0.05, 0) is 44.9 Å². The van der Waals surface area contributed by atoms with Crippen LogP contribution in [0, 0.1) is 17.2 Å². The summed E-state index contributed by atoms with van der Waals surface area (Å²) in [6.45, 7) is 6.58. The Balaban J connectivity index is 2.01. The molecule has 1 saturated heterocycles. The van der Waals surface area contributed by atoms with Crippen LogP contribution in [0.5, 0.6) is 0 Å². The van der Waals surface area contributed by atoms with Crippen molar-refractivity contribution in [1.29, 1.82) is 5.26 Å². The Bertz CT molecular complexity index is 637. The molecule has 0 amide bonds. The molecule has 0 aromatic carbocycles. The van der Waals surface area contributed by atoms with Crippen LogP contribution in [0.2, 0.25) is 0 Å². The number of nitrogens with one attached hydrogen (secondary N) is 1. The molecule has 1 aliphatic heterocycles. The first kappa shape index (κ1) is 15.9. The van der Waals surface area contributed by atoms with Gasteiger partial charge in [-0.15, -0.1) is 0 Å². The van der Waals surface area contributed by atoms with Crippen molar-refractivity contribution >= 4 is 10.0 Å². The quantitative estimate of drug-likeness (QED) is 0.875. The molecule has 1 atom stereocenters. The van der Waals surface area contributed by atoms with Gasteiger partial charge < -0.3 is 4.90 Å². The van der Waals surface area contributed by atoms with E-state index in [9.17, 15) is 8.42 Å². The van der Waals surface area contributed by atoms with Crippen LogP contribution in [-0.4, -0.2) is 44.0 Å². The molecule has 1 N–H and O–H groups in total. The smallest absolute Gasteiger partial charge is 0.243 e. The molecule has 114 valence electrons. The Kier molecular flexibility index (Phi) is 4.93. The second kappa shape index (κ2) is 6.52. The van der Waals surface area contributed by atoms with E-state index in [4.69, 9.17) is 5.26 Å². The summed E-state index contributed by atoms with van der Waals surface area (Å²) in [5.74, 6) is 0.310. The highest BCUT2D eigenvalue weighted by Crippen LogP contribution is 2.19. The van der Waals surface area contributed by atoms with Crippen molar-refractivity contribution in [3.63, 3.8) is 0 Å². The number of nitrogens with zero attached hydrogens (tertiary/aromatic N) is 3. The summed E-state index contributed by atoms with van der Waals surface area (Å²) in [5.41, 5.74) is -0.0692. The molecule has 1 aliphatic rings. The van der Waals surface area contributed by atoms with E-state index in [0.29, 0.717) is 18.5 Å². The second-order valence-electron chi connectivity index (χ2n) is 5.56. The van der Waals surface area contributed by atoms with E-state index < -0.39 is 10.0 Å². The Labute approximate surface area is 125 Å². The normalized spacial score (nSPS) is 19.8. The van der Waals surface area contributed by atoms with Crippen LogP contribution in [-0.2, 0) is 10.0 Å². The van der Waals surface area contributed by atoms with Gasteiger partial charge >= 0.3 is 0 Å². The SMILES string of the molecule is CC(C)N1CCC(CNS(=O)(=O)c2cccnc2C#N)C1. The molecular formula is C14H20N4O2S. The van der Waals surface area contributed by atoms with E-state index >= 15 is 0 Å². The number of aromatic nitrogens is 1. The number of pyridine rings is 1. The minimum absolute atomic E-state index is 0.0498. The average molecular weight is 308 g/mol. The molecule has 1 fully saturated rings. The average Bonchev–Trinajstić information content (AvgIpc) is 2.94. The second-order valence-corrected chi connectivity index (χ2v) is 7.29. The summed E-state index contributed by atoms with van der Waals surface area (Å²) in [4.78, 5) is 6.08. The van der Waals surface area contributed by atoms with Crippen molar-refractivity contribution in [3.05, 3.63) is 24.0 Å². The predicted molar refractivity (Wildman–Crippen MR) is 79.0 cm³/mol. The van der Waals surface area contributed by atoms with Crippen molar-refractivity contribution in [2.45, 2.75) is 31.2 Å². The van der Waals surface area contributed by atoms with Crippen LogP contribution >= 0.6 is 0 Å². The molecule has 7 heteroatoms. The van der Waals surface area contributed by atoms with Crippen molar-refractivity contribution < 1.29 is 8.42 Å². The van der Waals surface area contributed by atoms with Gasteiger partial charge in [0.15, 0.2) is 5.69 Å². The van der Waals surface area contributed by atoms with Gasteiger partial charge in [0, 0.05) is 25.3 Å². The van der Waals surface area contributed by atoms with Crippen molar-refractivity contribution in [3.8, 4) is 6.07 Å². The molecule has 2 heterocycles. The molecule has 1 unspecified atom stereocenters. The first-order valence-electron chi connectivity index (χ1n) is 7.03. The predicted octanol–water partition coefficient (Wildman–Crippen LogP) is 0.962. The molecule has 0 aliphatic carbocycles. The van der Waals surface area contributed by atoms with Gasteiger partial charge in [0.25, 0.3) is 0 Å². The van der Waals surface area contributed by atoms with E-state index in [1.54, 1.807) is 0 Å². The lowest BCUT2D eigenvalue weighted by molar-refractivity contribution is 0.265. The number of likely N-dealkylation sites (tertiary alicyclic amines) is 1. The highest BCUT2D eigenvalue weighted by Gasteiger charge is 2.26. The van der Waals surface area contributed by atoms with E-state index in [1.165, 1.54) is 18.3 Å². The van der Waals surface area contributed by atoms with Crippen LogP contribution in [0.15, 0.2) is 23.2 Å². The van der Waals surface area contributed by atoms with Gasteiger partial charge in [-0.25, -0.2) is 18.1 Å². The highest BCUT2D eigenvalue weighted by atomic mass is 32.2. The summed E-state index contributed by atoms with van der Waals surface area (Å²) in [5, 5.41) is 8.95. The standard InChI is InChI=1S/C14H20N4O2S/c1-11(2)18-7-5-12(10-18)9-17-21(19,20)14-4-3-6-16-13(14)8-15/h3-4,6,11-12,17H,5,7,9-10H2,1-2H3.